The van der Waals surface area contributed by atoms with Crippen LogP contribution in [0.4, 0.5) is 0 Å². The second kappa shape index (κ2) is 6.42. The Balaban J connectivity index is 1.73. The Hall–Kier alpha value is -1.71. The van der Waals surface area contributed by atoms with Crippen molar-refractivity contribution in [2.75, 3.05) is 5.75 Å². The number of rotatable bonds is 2. The van der Waals surface area contributed by atoms with E-state index < -0.39 is 0 Å². The molecular weight excluding hydrogens is 320 g/mol. The van der Waals surface area contributed by atoms with Gasteiger partial charge in [-0.1, -0.05) is 72.4 Å². The fourth-order valence-corrected chi connectivity index (χ4v) is 5.55. The van der Waals surface area contributed by atoms with Gasteiger partial charge in [0.2, 0.25) is 5.12 Å². The van der Waals surface area contributed by atoms with E-state index >= 15 is 0 Å². The van der Waals surface area contributed by atoms with Crippen molar-refractivity contribution >= 4 is 39.4 Å². The molecule has 0 bridgehead atoms. The third-order valence-electron chi connectivity index (χ3n) is 4.15. The number of hydrogen-bond donors (Lipinski definition) is 0. The highest BCUT2D eigenvalue weighted by Gasteiger charge is 2.26. The molecule has 0 radical (unpaired) electrons. The number of benzene rings is 3. The van der Waals surface area contributed by atoms with Gasteiger partial charge in [-0.2, -0.15) is 0 Å². The molecule has 3 aromatic rings. The van der Waals surface area contributed by atoms with Gasteiger partial charge in [-0.3, -0.25) is 4.79 Å². The van der Waals surface area contributed by atoms with Gasteiger partial charge < -0.3 is 0 Å². The molecule has 1 unspecified atom stereocenters. The van der Waals surface area contributed by atoms with Crippen molar-refractivity contribution in [2.45, 2.75) is 16.6 Å². The highest BCUT2D eigenvalue weighted by molar-refractivity contribution is 8.14. The van der Waals surface area contributed by atoms with Crippen LogP contribution in [0, 0.1) is 0 Å². The molecule has 0 fully saturated rings. The Morgan fingerprint density at radius 3 is 2.61 bits per heavy atom. The zero-order valence-electron chi connectivity index (χ0n) is 12.6. The Labute approximate surface area is 144 Å². The Kier molecular flexibility index (Phi) is 4.15. The van der Waals surface area contributed by atoms with Crippen molar-refractivity contribution in [1.29, 1.82) is 0 Å². The molecular formula is C20H16OS2. The summed E-state index contributed by atoms with van der Waals surface area (Å²) in [6.07, 6.45) is 1.04. The molecule has 0 spiro atoms. The zero-order valence-corrected chi connectivity index (χ0v) is 14.2. The summed E-state index contributed by atoms with van der Waals surface area (Å²) in [5.41, 5.74) is 2.13. The van der Waals surface area contributed by atoms with Gasteiger partial charge in [-0.25, -0.2) is 0 Å². The maximum atomic E-state index is 12.6. The molecule has 0 amide bonds. The van der Waals surface area contributed by atoms with E-state index in [2.05, 4.69) is 36.4 Å². The molecule has 1 aliphatic rings. The van der Waals surface area contributed by atoms with Crippen LogP contribution in [-0.4, -0.2) is 10.9 Å². The van der Waals surface area contributed by atoms with Gasteiger partial charge in [0.05, 0.1) is 0 Å². The van der Waals surface area contributed by atoms with Gasteiger partial charge >= 0.3 is 0 Å². The summed E-state index contributed by atoms with van der Waals surface area (Å²) in [6.45, 7) is 0. The highest BCUT2D eigenvalue weighted by atomic mass is 32.2. The molecule has 0 aromatic heterocycles. The van der Waals surface area contributed by atoms with Crippen molar-refractivity contribution in [3.05, 3.63) is 77.9 Å². The van der Waals surface area contributed by atoms with Crippen LogP contribution in [-0.2, 0) is 0 Å². The van der Waals surface area contributed by atoms with Gasteiger partial charge in [0, 0.05) is 15.7 Å². The molecule has 1 nitrogen and oxygen atoms in total. The number of carbonyl (C=O) groups excluding carboxylic acids is 1. The highest BCUT2D eigenvalue weighted by Crippen LogP contribution is 2.47. The molecule has 0 saturated carbocycles. The third kappa shape index (κ3) is 2.91. The minimum atomic E-state index is 0.168. The predicted molar refractivity (Wildman–Crippen MR) is 100 cm³/mol. The number of thioether (sulfide) groups is 2. The van der Waals surface area contributed by atoms with Crippen LogP contribution in [0.3, 0.4) is 0 Å². The molecule has 3 aromatic carbocycles. The predicted octanol–water partition coefficient (Wildman–Crippen LogP) is 5.95. The van der Waals surface area contributed by atoms with Crippen molar-refractivity contribution < 1.29 is 4.79 Å². The fraction of sp³-hybridized carbons (Fsp3) is 0.150. The smallest absolute Gasteiger partial charge is 0.219 e. The molecule has 0 N–H and O–H groups in total. The Morgan fingerprint density at radius 2 is 1.74 bits per heavy atom. The Morgan fingerprint density at radius 1 is 0.957 bits per heavy atom. The Bertz CT molecular complexity index is 858. The van der Waals surface area contributed by atoms with Crippen LogP contribution in [0.15, 0.2) is 71.6 Å². The second-order valence-corrected chi connectivity index (χ2v) is 7.91. The lowest BCUT2D eigenvalue weighted by Gasteiger charge is -2.25. The first kappa shape index (κ1) is 14.9. The van der Waals surface area contributed by atoms with E-state index in [1.165, 1.54) is 33.0 Å². The van der Waals surface area contributed by atoms with Gasteiger partial charge in [-0.15, -0.1) is 11.8 Å². The van der Waals surface area contributed by atoms with Crippen LogP contribution >= 0.6 is 23.5 Å². The molecule has 1 atom stereocenters. The summed E-state index contributed by atoms with van der Waals surface area (Å²) in [7, 11) is 0. The van der Waals surface area contributed by atoms with Crippen molar-refractivity contribution in [2.24, 2.45) is 0 Å². The summed E-state index contributed by atoms with van der Waals surface area (Å²) < 4.78 is 0. The van der Waals surface area contributed by atoms with Gasteiger partial charge in [0.15, 0.2) is 0 Å². The SMILES string of the molecule is O=C(SC1CCSc2ccc3ccccc3c21)c1ccccc1. The lowest BCUT2D eigenvalue weighted by atomic mass is 10.0. The van der Waals surface area contributed by atoms with Gasteiger partial charge in [-0.05, 0) is 34.6 Å². The largest absolute Gasteiger partial charge is 0.282 e. The summed E-state index contributed by atoms with van der Waals surface area (Å²) in [5.74, 6) is 1.07. The minimum absolute atomic E-state index is 0.168. The van der Waals surface area contributed by atoms with E-state index in [1.807, 2.05) is 42.1 Å². The molecule has 1 heterocycles. The van der Waals surface area contributed by atoms with E-state index in [0.717, 1.165) is 17.7 Å². The van der Waals surface area contributed by atoms with E-state index in [0.29, 0.717) is 0 Å². The van der Waals surface area contributed by atoms with Gasteiger partial charge in [0.25, 0.3) is 0 Å². The standard InChI is InChI=1S/C20H16OS2/c21-20(15-7-2-1-3-8-15)23-18-12-13-22-17-11-10-14-6-4-5-9-16(14)19(17)18/h1-11,18H,12-13H2. The summed E-state index contributed by atoms with van der Waals surface area (Å²) in [6, 6.07) is 22.5. The number of carbonyl (C=O) groups is 1. The van der Waals surface area contributed by atoms with Gasteiger partial charge in [0.1, 0.15) is 0 Å². The van der Waals surface area contributed by atoms with Crippen molar-refractivity contribution in [1.82, 2.24) is 0 Å². The summed E-state index contributed by atoms with van der Waals surface area (Å²) in [5, 5.41) is 2.95. The molecule has 3 heteroatoms. The van der Waals surface area contributed by atoms with Crippen LogP contribution in [0.5, 0.6) is 0 Å². The first-order chi connectivity index (χ1) is 11.3. The summed E-state index contributed by atoms with van der Waals surface area (Å²) in [4.78, 5) is 13.9. The average molecular weight is 336 g/mol. The maximum Gasteiger partial charge on any atom is 0.219 e. The molecule has 23 heavy (non-hydrogen) atoms. The monoisotopic (exact) mass is 336 g/mol. The normalized spacial score (nSPS) is 17.0. The fourth-order valence-electron chi connectivity index (χ4n) is 3.04. The van der Waals surface area contributed by atoms with E-state index in [9.17, 15) is 4.79 Å². The zero-order chi connectivity index (χ0) is 15.6. The van der Waals surface area contributed by atoms with Crippen LogP contribution < -0.4 is 0 Å². The van der Waals surface area contributed by atoms with E-state index in [-0.39, 0.29) is 10.4 Å². The molecule has 114 valence electrons. The molecule has 4 rings (SSSR count). The lowest BCUT2D eigenvalue weighted by Crippen LogP contribution is -2.08. The number of hydrogen-bond acceptors (Lipinski definition) is 3. The quantitative estimate of drug-likeness (QED) is 0.575. The first-order valence-corrected chi connectivity index (χ1v) is 9.60. The maximum absolute atomic E-state index is 12.6. The van der Waals surface area contributed by atoms with E-state index in [1.54, 1.807) is 0 Å². The van der Waals surface area contributed by atoms with E-state index in [4.69, 9.17) is 0 Å². The molecule has 0 saturated heterocycles. The first-order valence-electron chi connectivity index (χ1n) is 7.73. The number of fused-ring (bicyclic) bond motifs is 3. The second-order valence-electron chi connectivity index (χ2n) is 5.60. The topological polar surface area (TPSA) is 17.1 Å². The van der Waals surface area contributed by atoms with Crippen LogP contribution in [0.2, 0.25) is 0 Å². The molecule has 1 aliphatic heterocycles. The minimum Gasteiger partial charge on any atom is -0.282 e. The molecule has 0 aliphatic carbocycles. The van der Waals surface area contributed by atoms with Crippen molar-refractivity contribution in [3.8, 4) is 0 Å². The third-order valence-corrected chi connectivity index (χ3v) is 6.46. The summed E-state index contributed by atoms with van der Waals surface area (Å²) >= 11 is 3.38. The van der Waals surface area contributed by atoms with Crippen LogP contribution in [0.1, 0.15) is 27.6 Å². The van der Waals surface area contributed by atoms with Crippen molar-refractivity contribution in [3.63, 3.8) is 0 Å². The average Bonchev–Trinajstić information content (AvgIpc) is 2.62. The lowest BCUT2D eigenvalue weighted by molar-refractivity contribution is 0.108. The van der Waals surface area contributed by atoms with Crippen LogP contribution in [0.25, 0.3) is 10.8 Å².